The molecule has 1 aromatic heterocycles. The first-order chi connectivity index (χ1) is 11.7. The van der Waals surface area contributed by atoms with Crippen LogP contribution in [0.5, 0.6) is 5.75 Å². The molecule has 1 heterocycles. The molecule has 0 spiro atoms. The number of nitrogens with zero attached hydrogens (tertiary/aromatic N) is 3. The highest BCUT2D eigenvalue weighted by molar-refractivity contribution is 5.93. The summed E-state index contributed by atoms with van der Waals surface area (Å²) < 4.78 is 6.92. The molecule has 7 nitrogen and oxygen atoms in total. The molecule has 0 radical (unpaired) electrons. The fraction of sp³-hybridized carbons (Fsp3) is 0.118. The van der Waals surface area contributed by atoms with Gasteiger partial charge in [0.15, 0.2) is 5.82 Å². The molecule has 0 fully saturated rings. The van der Waals surface area contributed by atoms with E-state index in [0.717, 1.165) is 16.9 Å². The molecule has 2 aromatic carbocycles. The molecule has 0 aliphatic carbocycles. The third kappa shape index (κ3) is 3.41. The highest BCUT2D eigenvalue weighted by atomic mass is 16.5. The van der Waals surface area contributed by atoms with Gasteiger partial charge in [0.25, 0.3) is 5.91 Å². The number of amides is 1. The fourth-order valence-electron chi connectivity index (χ4n) is 2.28. The Morgan fingerprint density at radius 2 is 2.04 bits per heavy atom. The van der Waals surface area contributed by atoms with Crippen molar-refractivity contribution >= 4 is 5.91 Å². The summed E-state index contributed by atoms with van der Waals surface area (Å²) >= 11 is 0. The molecule has 0 saturated heterocycles. The first-order valence-electron chi connectivity index (χ1n) is 7.27. The molecule has 1 amide bonds. The summed E-state index contributed by atoms with van der Waals surface area (Å²) in [7, 11) is 1.62. The standard InChI is InChI=1S/C17H16N4O3/c1-24-15-4-2-3-14(9-15)16-18-11-21(19-16)10-12-5-7-13(8-6-12)17(22)20-23/h2-9,11,23H,10H2,1H3,(H,20,22). The number of methoxy groups -OCH3 is 1. The molecule has 0 aliphatic rings. The normalized spacial score (nSPS) is 10.4. The summed E-state index contributed by atoms with van der Waals surface area (Å²) in [6, 6.07) is 14.4. The van der Waals surface area contributed by atoms with E-state index in [1.54, 1.807) is 47.9 Å². The molecule has 7 heteroatoms. The highest BCUT2D eigenvalue weighted by Crippen LogP contribution is 2.20. The Morgan fingerprint density at radius 1 is 1.25 bits per heavy atom. The molecular formula is C17H16N4O3. The average molecular weight is 324 g/mol. The number of rotatable bonds is 5. The van der Waals surface area contributed by atoms with Gasteiger partial charge in [-0.2, -0.15) is 5.10 Å². The van der Waals surface area contributed by atoms with E-state index in [0.29, 0.717) is 17.9 Å². The summed E-state index contributed by atoms with van der Waals surface area (Å²) in [4.78, 5) is 15.6. The van der Waals surface area contributed by atoms with Crippen molar-refractivity contribution < 1.29 is 14.7 Å². The number of benzene rings is 2. The number of ether oxygens (including phenoxy) is 1. The third-order valence-electron chi connectivity index (χ3n) is 3.53. The minimum absolute atomic E-state index is 0.386. The molecule has 2 N–H and O–H groups in total. The Bertz CT molecular complexity index is 843. The van der Waals surface area contributed by atoms with Gasteiger partial charge < -0.3 is 4.74 Å². The van der Waals surface area contributed by atoms with Crippen molar-refractivity contribution in [3.63, 3.8) is 0 Å². The summed E-state index contributed by atoms with van der Waals surface area (Å²) in [6.45, 7) is 0.526. The summed E-state index contributed by atoms with van der Waals surface area (Å²) in [5, 5.41) is 13.1. The fourth-order valence-corrected chi connectivity index (χ4v) is 2.28. The highest BCUT2D eigenvalue weighted by Gasteiger charge is 2.07. The van der Waals surface area contributed by atoms with E-state index in [1.165, 1.54) is 0 Å². The lowest BCUT2D eigenvalue weighted by Gasteiger charge is -2.03. The second kappa shape index (κ2) is 6.93. The maximum atomic E-state index is 11.3. The van der Waals surface area contributed by atoms with Crippen LogP contribution in [0.3, 0.4) is 0 Å². The zero-order valence-corrected chi connectivity index (χ0v) is 13.0. The maximum Gasteiger partial charge on any atom is 0.274 e. The van der Waals surface area contributed by atoms with E-state index >= 15 is 0 Å². The SMILES string of the molecule is COc1cccc(-c2ncn(Cc3ccc(C(=O)NO)cc3)n2)c1. The van der Waals surface area contributed by atoms with Crippen molar-refractivity contribution in [3.05, 3.63) is 66.0 Å². The Hall–Kier alpha value is -3.19. The van der Waals surface area contributed by atoms with Gasteiger partial charge in [0.1, 0.15) is 12.1 Å². The van der Waals surface area contributed by atoms with Gasteiger partial charge >= 0.3 is 0 Å². The van der Waals surface area contributed by atoms with E-state index in [9.17, 15) is 4.79 Å². The Labute approximate surface area is 138 Å². The van der Waals surface area contributed by atoms with Crippen molar-refractivity contribution in [1.29, 1.82) is 0 Å². The molecule has 0 saturated carbocycles. The first-order valence-corrected chi connectivity index (χ1v) is 7.27. The molecule has 3 aromatic rings. The zero-order valence-electron chi connectivity index (χ0n) is 13.0. The van der Waals surface area contributed by atoms with Crippen LogP contribution in [0, 0.1) is 0 Å². The predicted molar refractivity (Wildman–Crippen MR) is 86.8 cm³/mol. The van der Waals surface area contributed by atoms with Gasteiger partial charge in [0, 0.05) is 11.1 Å². The smallest absolute Gasteiger partial charge is 0.274 e. The summed E-state index contributed by atoms with van der Waals surface area (Å²) in [5.74, 6) is 0.828. The van der Waals surface area contributed by atoms with Crippen LogP contribution in [0.2, 0.25) is 0 Å². The van der Waals surface area contributed by atoms with Crippen molar-refractivity contribution in [2.24, 2.45) is 0 Å². The number of hydroxylamine groups is 1. The second-order valence-corrected chi connectivity index (χ2v) is 5.14. The molecule has 0 atom stereocenters. The van der Waals surface area contributed by atoms with Crippen LogP contribution in [0.15, 0.2) is 54.9 Å². The maximum absolute atomic E-state index is 11.3. The van der Waals surface area contributed by atoms with Crippen LogP contribution in [0.1, 0.15) is 15.9 Å². The number of hydrogen-bond acceptors (Lipinski definition) is 5. The number of nitrogens with one attached hydrogen (secondary N) is 1. The van der Waals surface area contributed by atoms with Gasteiger partial charge in [-0.15, -0.1) is 0 Å². The van der Waals surface area contributed by atoms with Gasteiger partial charge in [0.2, 0.25) is 0 Å². The van der Waals surface area contributed by atoms with E-state index in [4.69, 9.17) is 9.94 Å². The van der Waals surface area contributed by atoms with E-state index in [2.05, 4.69) is 10.1 Å². The topological polar surface area (TPSA) is 89.3 Å². The molecular weight excluding hydrogens is 308 g/mol. The van der Waals surface area contributed by atoms with Crippen molar-refractivity contribution in [1.82, 2.24) is 20.2 Å². The summed E-state index contributed by atoms with van der Waals surface area (Å²) in [5.41, 5.74) is 3.83. The number of carbonyl (C=O) groups is 1. The molecule has 122 valence electrons. The second-order valence-electron chi connectivity index (χ2n) is 5.14. The van der Waals surface area contributed by atoms with Crippen LogP contribution in [0.25, 0.3) is 11.4 Å². The number of carbonyl (C=O) groups excluding carboxylic acids is 1. The lowest BCUT2D eigenvalue weighted by atomic mass is 10.1. The Balaban J connectivity index is 1.75. The van der Waals surface area contributed by atoms with Crippen LogP contribution in [-0.4, -0.2) is 33.0 Å². The van der Waals surface area contributed by atoms with Gasteiger partial charge in [-0.25, -0.2) is 15.1 Å². The summed E-state index contributed by atoms with van der Waals surface area (Å²) in [6.07, 6.45) is 1.66. The van der Waals surface area contributed by atoms with Crippen LogP contribution >= 0.6 is 0 Å². The van der Waals surface area contributed by atoms with Crippen LogP contribution in [0.4, 0.5) is 0 Å². The zero-order chi connectivity index (χ0) is 16.9. The number of aromatic nitrogens is 3. The predicted octanol–water partition coefficient (Wildman–Crippen LogP) is 2.12. The largest absolute Gasteiger partial charge is 0.497 e. The quantitative estimate of drug-likeness (QED) is 0.554. The van der Waals surface area contributed by atoms with Crippen LogP contribution < -0.4 is 10.2 Å². The molecule has 24 heavy (non-hydrogen) atoms. The van der Waals surface area contributed by atoms with Gasteiger partial charge in [0.05, 0.1) is 13.7 Å². The van der Waals surface area contributed by atoms with Gasteiger partial charge in [-0.1, -0.05) is 24.3 Å². The van der Waals surface area contributed by atoms with E-state index < -0.39 is 5.91 Å². The van der Waals surface area contributed by atoms with Crippen molar-refractivity contribution in [2.75, 3.05) is 7.11 Å². The monoisotopic (exact) mass is 324 g/mol. The number of hydrogen-bond donors (Lipinski definition) is 2. The van der Waals surface area contributed by atoms with Crippen molar-refractivity contribution in [2.45, 2.75) is 6.54 Å². The Kier molecular flexibility index (Phi) is 4.53. The third-order valence-corrected chi connectivity index (χ3v) is 3.53. The van der Waals surface area contributed by atoms with E-state index in [-0.39, 0.29) is 0 Å². The van der Waals surface area contributed by atoms with Gasteiger partial charge in [-0.3, -0.25) is 10.0 Å². The van der Waals surface area contributed by atoms with Gasteiger partial charge in [-0.05, 0) is 29.8 Å². The van der Waals surface area contributed by atoms with E-state index in [1.807, 2.05) is 24.3 Å². The lowest BCUT2D eigenvalue weighted by molar-refractivity contribution is 0.0706. The minimum atomic E-state index is -0.539. The van der Waals surface area contributed by atoms with Crippen LogP contribution in [-0.2, 0) is 6.54 Å². The molecule has 0 bridgehead atoms. The minimum Gasteiger partial charge on any atom is -0.497 e. The molecule has 3 rings (SSSR count). The Morgan fingerprint density at radius 3 is 2.75 bits per heavy atom. The molecule has 0 unspecified atom stereocenters. The first kappa shape index (κ1) is 15.7. The average Bonchev–Trinajstić information content (AvgIpc) is 3.10. The van der Waals surface area contributed by atoms with Crippen molar-refractivity contribution in [3.8, 4) is 17.1 Å². The lowest BCUT2D eigenvalue weighted by Crippen LogP contribution is -2.18. The molecule has 0 aliphatic heterocycles.